The second-order valence-corrected chi connectivity index (χ2v) is 20.7. The fourth-order valence-electron chi connectivity index (χ4n) is 7.55. The van der Waals surface area contributed by atoms with Gasteiger partial charge in [-0.1, -0.05) is 217 Å². The van der Waals surface area contributed by atoms with E-state index in [1.165, 1.54) is 148 Å². The number of quaternary nitrogens is 1. The fourth-order valence-corrected chi connectivity index (χ4v) is 8.28. The number of amides is 1. The summed E-state index contributed by atoms with van der Waals surface area (Å²) >= 11 is 0. The molecule has 3 N–H and O–H groups in total. The summed E-state index contributed by atoms with van der Waals surface area (Å²) in [5, 5.41) is 13.8. The number of hydrogen-bond acceptors (Lipinski definition) is 5. The van der Waals surface area contributed by atoms with Crippen molar-refractivity contribution in [1.29, 1.82) is 0 Å². The number of aliphatic hydroxyl groups excluding tert-OH is 1. The minimum absolute atomic E-state index is 0.0509. The van der Waals surface area contributed by atoms with Crippen molar-refractivity contribution in [1.82, 2.24) is 5.32 Å². The Morgan fingerprint density at radius 3 is 1.33 bits per heavy atom. The number of aliphatic hydroxyl groups is 1. The monoisotopic (exact) mass is 908 g/mol. The van der Waals surface area contributed by atoms with E-state index in [2.05, 4.69) is 55.6 Å². The van der Waals surface area contributed by atoms with Gasteiger partial charge in [-0.05, 0) is 64.2 Å². The highest BCUT2D eigenvalue weighted by atomic mass is 31.2. The molecule has 0 aromatic carbocycles. The molecule has 0 fully saturated rings. The van der Waals surface area contributed by atoms with Gasteiger partial charge in [0.2, 0.25) is 5.91 Å². The van der Waals surface area contributed by atoms with Gasteiger partial charge in [-0.2, -0.15) is 0 Å². The normalized spacial score (nSPS) is 14.5. The Balaban J connectivity index is 4.15. The van der Waals surface area contributed by atoms with Crippen LogP contribution in [0.2, 0.25) is 0 Å². The average Bonchev–Trinajstić information content (AvgIpc) is 3.24. The Hall–Kier alpha value is -1.54. The second kappa shape index (κ2) is 45.6. The molecule has 0 aromatic rings. The van der Waals surface area contributed by atoms with E-state index >= 15 is 0 Å². The van der Waals surface area contributed by atoms with E-state index in [9.17, 15) is 19.4 Å². The number of hydrogen-bond donors (Lipinski definition) is 3. The number of carbonyl (C=O) groups is 1. The molecule has 0 saturated carbocycles. The molecule has 63 heavy (non-hydrogen) atoms. The van der Waals surface area contributed by atoms with E-state index in [-0.39, 0.29) is 19.1 Å². The van der Waals surface area contributed by atoms with Crippen molar-refractivity contribution >= 4 is 13.7 Å². The summed E-state index contributed by atoms with van der Waals surface area (Å²) in [6.45, 7) is 4.72. The zero-order chi connectivity index (χ0) is 46.4. The predicted octanol–water partition coefficient (Wildman–Crippen LogP) is 15.6. The lowest BCUT2D eigenvalue weighted by molar-refractivity contribution is -0.870. The molecule has 8 nitrogen and oxygen atoms in total. The molecule has 3 unspecified atom stereocenters. The van der Waals surface area contributed by atoms with Crippen LogP contribution in [0.5, 0.6) is 0 Å². The Kier molecular flexibility index (Phi) is 44.5. The molecule has 0 radical (unpaired) electrons. The van der Waals surface area contributed by atoms with Gasteiger partial charge in [-0.25, -0.2) is 4.57 Å². The van der Waals surface area contributed by atoms with Crippen LogP contribution in [-0.2, 0) is 18.4 Å². The van der Waals surface area contributed by atoms with E-state index in [1.807, 2.05) is 27.2 Å². The van der Waals surface area contributed by atoms with Gasteiger partial charge < -0.3 is 19.8 Å². The molecule has 0 bridgehead atoms. The molecule has 0 aliphatic carbocycles. The molecule has 9 heteroatoms. The van der Waals surface area contributed by atoms with Crippen molar-refractivity contribution in [2.24, 2.45) is 0 Å². The van der Waals surface area contributed by atoms with E-state index in [0.717, 1.165) is 70.6 Å². The number of allylic oxidation sites excluding steroid dienone is 7. The third kappa shape index (κ3) is 48.2. The van der Waals surface area contributed by atoms with Gasteiger partial charge in [0.15, 0.2) is 0 Å². The molecule has 0 aliphatic rings. The van der Waals surface area contributed by atoms with Gasteiger partial charge in [0, 0.05) is 6.42 Å². The molecule has 0 aliphatic heterocycles. The molecule has 0 rings (SSSR count). The van der Waals surface area contributed by atoms with Crippen LogP contribution in [-0.4, -0.2) is 73.4 Å². The van der Waals surface area contributed by atoms with Crippen LogP contribution >= 0.6 is 7.82 Å². The number of phosphoric acid groups is 1. The topological polar surface area (TPSA) is 105 Å². The summed E-state index contributed by atoms with van der Waals surface area (Å²) in [4.78, 5) is 23.1. The molecule has 1 amide bonds. The summed E-state index contributed by atoms with van der Waals surface area (Å²) < 4.78 is 23.5. The molecule has 0 saturated heterocycles. The van der Waals surface area contributed by atoms with Crippen LogP contribution in [0.4, 0.5) is 0 Å². The summed E-state index contributed by atoms with van der Waals surface area (Å²) in [6, 6.07) is -0.873. The third-order valence-electron chi connectivity index (χ3n) is 11.7. The van der Waals surface area contributed by atoms with Gasteiger partial charge in [-0.15, -0.1) is 0 Å². The second-order valence-electron chi connectivity index (χ2n) is 19.2. The van der Waals surface area contributed by atoms with Crippen molar-refractivity contribution in [3.05, 3.63) is 48.6 Å². The third-order valence-corrected chi connectivity index (χ3v) is 12.7. The maximum Gasteiger partial charge on any atom is 0.472 e. The summed E-state index contributed by atoms with van der Waals surface area (Å²) in [6.07, 6.45) is 59.5. The summed E-state index contributed by atoms with van der Waals surface area (Å²) in [5.41, 5.74) is 0. The minimum atomic E-state index is -4.35. The SMILES string of the molecule is CCC/C=C\CCCCCCCC(=O)NC(COP(=O)(O)OCC[N+](C)(C)C)C(O)/C=C/CC/C=C/CC/C=C/CCCCCCCCCCCCCCCCCCCCCCC. The Morgan fingerprint density at radius 1 is 0.524 bits per heavy atom. The Labute approximate surface area is 390 Å². The zero-order valence-corrected chi connectivity index (χ0v) is 43.0. The number of unbranched alkanes of at least 4 members (excludes halogenated alkanes) is 29. The number of carbonyl (C=O) groups excluding carboxylic acids is 1. The van der Waals surface area contributed by atoms with Crippen LogP contribution in [0.1, 0.15) is 239 Å². The standard InChI is InChI=1S/C54H103N2O6P/c1-6-8-10-12-14-16-18-19-20-21-22-23-24-25-26-27-28-29-30-31-32-33-34-35-36-37-38-39-41-43-45-47-53(57)52(51-62-63(59,60)61-50-49-56(3,4)5)55-54(58)48-46-44-42-40-17-15-13-11-9-7-2/h11,13,34-35,38-39,45,47,52-53,57H,6-10,12,14-33,36-37,40-44,46,48-51H2,1-5H3,(H-,55,58,59,60)/p+1/b13-11-,35-34+,39-38+,47-45+. The van der Waals surface area contributed by atoms with Gasteiger partial charge in [-0.3, -0.25) is 13.8 Å². The highest BCUT2D eigenvalue weighted by molar-refractivity contribution is 7.47. The Bertz CT molecular complexity index is 1170. The molecule has 370 valence electrons. The Morgan fingerprint density at radius 2 is 0.905 bits per heavy atom. The number of rotatable bonds is 48. The maximum absolute atomic E-state index is 12.8. The minimum Gasteiger partial charge on any atom is -0.387 e. The van der Waals surface area contributed by atoms with Crippen LogP contribution in [0.3, 0.4) is 0 Å². The molecular formula is C54H104N2O6P+. The summed E-state index contributed by atoms with van der Waals surface area (Å²) in [7, 11) is 1.54. The van der Waals surface area contributed by atoms with Crippen molar-refractivity contribution in [3.8, 4) is 0 Å². The molecular weight excluding hydrogens is 804 g/mol. The number of nitrogens with one attached hydrogen (secondary N) is 1. The lowest BCUT2D eigenvalue weighted by Gasteiger charge is -2.25. The van der Waals surface area contributed by atoms with Gasteiger partial charge >= 0.3 is 7.82 Å². The fraction of sp³-hybridized carbons (Fsp3) is 0.833. The van der Waals surface area contributed by atoms with Gasteiger partial charge in [0.25, 0.3) is 0 Å². The van der Waals surface area contributed by atoms with Crippen LogP contribution in [0, 0.1) is 0 Å². The molecule has 0 aromatic heterocycles. The lowest BCUT2D eigenvalue weighted by atomic mass is 10.0. The maximum atomic E-state index is 12.8. The largest absolute Gasteiger partial charge is 0.472 e. The average molecular weight is 908 g/mol. The van der Waals surface area contributed by atoms with Gasteiger partial charge in [0.1, 0.15) is 13.2 Å². The van der Waals surface area contributed by atoms with Gasteiger partial charge in [0.05, 0.1) is 39.9 Å². The first-order valence-electron chi connectivity index (χ1n) is 26.5. The molecule has 3 atom stereocenters. The first-order chi connectivity index (χ1) is 30.5. The van der Waals surface area contributed by atoms with Crippen LogP contribution < -0.4 is 5.32 Å². The number of phosphoric ester groups is 1. The van der Waals surface area contributed by atoms with E-state index < -0.39 is 20.0 Å². The van der Waals surface area contributed by atoms with E-state index in [0.29, 0.717) is 17.4 Å². The predicted molar refractivity (Wildman–Crippen MR) is 272 cm³/mol. The number of nitrogens with zero attached hydrogens (tertiary/aromatic N) is 1. The lowest BCUT2D eigenvalue weighted by Crippen LogP contribution is -2.45. The van der Waals surface area contributed by atoms with Crippen molar-refractivity contribution in [2.75, 3.05) is 40.9 Å². The highest BCUT2D eigenvalue weighted by Gasteiger charge is 2.27. The number of likely N-dealkylation sites (N-methyl/N-ethyl adjacent to an activating group) is 1. The van der Waals surface area contributed by atoms with Crippen molar-refractivity contribution < 1.29 is 32.9 Å². The summed E-state index contributed by atoms with van der Waals surface area (Å²) in [5.74, 6) is -0.204. The zero-order valence-electron chi connectivity index (χ0n) is 42.1. The van der Waals surface area contributed by atoms with Crippen LogP contribution in [0.25, 0.3) is 0 Å². The smallest absolute Gasteiger partial charge is 0.387 e. The first-order valence-corrected chi connectivity index (χ1v) is 28.0. The molecule has 0 heterocycles. The quantitative estimate of drug-likeness (QED) is 0.0243. The van der Waals surface area contributed by atoms with Crippen molar-refractivity contribution in [3.63, 3.8) is 0 Å². The molecule has 0 spiro atoms. The first kappa shape index (κ1) is 61.5. The van der Waals surface area contributed by atoms with E-state index in [4.69, 9.17) is 9.05 Å². The van der Waals surface area contributed by atoms with Crippen molar-refractivity contribution in [2.45, 2.75) is 251 Å². The van der Waals surface area contributed by atoms with E-state index in [1.54, 1.807) is 6.08 Å². The highest BCUT2D eigenvalue weighted by Crippen LogP contribution is 2.43. The van der Waals surface area contributed by atoms with Crippen LogP contribution in [0.15, 0.2) is 48.6 Å².